The highest BCUT2D eigenvalue weighted by atomic mass is 32.2. The summed E-state index contributed by atoms with van der Waals surface area (Å²) in [5.74, 6) is -1.28. The summed E-state index contributed by atoms with van der Waals surface area (Å²) in [6.45, 7) is 0. The largest absolute Gasteiger partial charge is 0.478 e. The molecule has 2 atom stereocenters. The highest BCUT2D eigenvalue weighted by Gasteiger charge is 2.41. The van der Waals surface area contributed by atoms with Crippen molar-refractivity contribution in [1.82, 2.24) is 4.98 Å². The van der Waals surface area contributed by atoms with E-state index in [1.54, 1.807) is 12.1 Å². The summed E-state index contributed by atoms with van der Waals surface area (Å²) in [4.78, 5) is 40.8. The van der Waals surface area contributed by atoms with E-state index in [0.717, 1.165) is 30.4 Å². The number of carboxylic acids is 1. The predicted molar refractivity (Wildman–Crippen MR) is 128 cm³/mol. The molecule has 0 spiro atoms. The summed E-state index contributed by atoms with van der Waals surface area (Å²) in [5, 5.41) is 11.6. The molecule has 1 aromatic heterocycles. The van der Waals surface area contributed by atoms with Gasteiger partial charge in [0.25, 0.3) is 0 Å². The lowest BCUT2D eigenvalue weighted by atomic mass is 9.86. The first-order valence-corrected chi connectivity index (χ1v) is 13.7. The molecule has 5 rings (SSSR count). The Bertz CT molecular complexity index is 1280. The summed E-state index contributed by atoms with van der Waals surface area (Å²) in [6, 6.07) is 8.10. The minimum absolute atomic E-state index is 0.0190. The fourth-order valence-corrected chi connectivity index (χ4v) is 6.87. The minimum atomic E-state index is -3.36. The van der Waals surface area contributed by atoms with Gasteiger partial charge in [0.05, 0.1) is 21.6 Å². The first-order chi connectivity index (χ1) is 16.7. The summed E-state index contributed by atoms with van der Waals surface area (Å²) in [6.07, 6.45) is 6.62. The third kappa shape index (κ3) is 5.15. The number of amides is 1. The van der Waals surface area contributed by atoms with Crippen molar-refractivity contribution in [3.8, 4) is 0 Å². The normalized spacial score (nSPS) is 21.0. The van der Waals surface area contributed by atoms with E-state index in [1.165, 1.54) is 18.3 Å². The number of hydrogen-bond donors (Lipinski definition) is 2. The topological polar surface area (TPSA) is 130 Å². The fourth-order valence-electron chi connectivity index (χ4n) is 4.94. The van der Waals surface area contributed by atoms with E-state index in [0.29, 0.717) is 37.0 Å². The highest BCUT2D eigenvalue weighted by molar-refractivity contribution is 7.92. The molecule has 9 heteroatoms. The van der Waals surface area contributed by atoms with Crippen LogP contribution >= 0.6 is 0 Å². The van der Waals surface area contributed by atoms with Gasteiger partial charge in [0.1, 0.15) is 11.6 Å². The summed E-state index contributed by atoms with van der Waals surface area (Å²) >= 11 is 0. The molecule has 1 aromatic carbocycles. The van der Waals surface area contributed by atoms with E-state index in [-0.39, 0.29) is 40.2 Å². The van der Waals surface area contributed by atoms with Gasteiger partial charge in [-0.2, -0.15) is 0 Å². The fraction of sp³-hybridized carbons (Fsp3) is 0.462. The second-order valence-electron chi connectivity index (χ2n) is 9.98. The summed E-state index contributed by atoms with van der Waals surface area (Å²) in [5.41, 5.74) is 1.56. The molecule has 3 saturated carbocycles. The Morgan fingerprint density at radius 3 is 2.43 bits per heavy atom. The molecular formula is C26H28N2O6S. The molecule has 3 fully saturated rings. The third-order valence-corrected chi connectivity index (χ3v) is 9.55. The Labute approximate surface area is 204 Å². The van der Waals surface area contributed by atoms with Crippen LogP contribution in [0.4, 0.5) is 5.82 Å². The van der Waals surface area contributed by atoms with Crippen LogP contribution in [-0.4, -0.2) is 41.4 Å². The molecule has 3 aliphatic carbocycles. The van der Waals surface area contributed by atoms with Crippen molar-refractivity contribution in [2.24, 2.45) is 5.92 Å². The van der Waals surface area contributed by atoms with Gasteiger partial charge in [-0.05, 0) is 79.7 Å². The molecule has 2 N–H and O–H groups in total. The maximum absolute atomic E-state index is 13.4. The van der Waals surface area contributed by atoms with Crippen LogP contribution in [0.3, 0.4) is 0 Å². The van der Waals surface area contributed by atoms with Gasteiger partial charge >= 0.3 is 5.97 Å². The average Bonchev–Trinajstić information content (AvgIpc) is 3.75. The summed E-state index contributed by atoms with van der Waals surface area (Å²) in [7, 11) is -3.36. The van der Waals surface area contributed by atoms with Crippen molar-refractivity contribution in [3.63, 3.8) is 0 Å². The maximum atomic E-state index is 13.4. The third-order valence-electron chi connectivity index (χ3n) is 7.22. The van der Waals surface area contributed by atoms with Crippen LogP contribution in [0.15, 0.2) is 41.4 Å². The molecule has 3 aliphatic rings. The van der Waals surface area contributed by atoms with Gasteiger partial charge in [0, 0.05) is 19.0 Å². The standard InChI is InChI=1S/C26H28N2O6S/c29-19-6-1-15(11-19)12-22(25(30)28-24-10-5-18(14-27-24)26(31)32)17-4-9-23(21(13-17)16-2-3-16)35(33,34)20-7-8-20/h4-5,9-10,13-16,20,22H,1-3,6-8,11-12H2,(H,31,32)(H,27,28,30)/t15-,22+/m0/s1. The molecular weight excluding hydrogens is 468 g/mol. The number of pyridine rings is 1. The molecule has 1 amide bonds. The second-order valence-corrected chi connectivity index (χ2v) is 12.2. The maximum Gasteiger partial charge on any atom is 0.337 e. The molecule has 8 nitrogen and oxygen atoms in total. The molecule has 0 saturated heterocycles. The van der Waals surface area contributed by atoms with Crippen molar-refractivity contribution >= 4 is 33.3 Å². The predicted octanol–water partition coefficient (Wildman–Crippen LogP) is 4.07. The molecule has 1 heterocycles. The second kappa shape index (κ2) is 9.18. The number of rotatable bonds is 9. The molecule has 184 valence electrons. The van der Waals surface area contributed by atoms with Gasteiger partial charge in [-0.3, -0.25) is 9.59 Å². The van der Waals surface area contributed by atoms with Crippen molar-refractivity contribution in [2.75, 3.05) is 5.32 Å². The monoisotopic (exact) mass is 496 g/mol. The van der Waals surface area contributed by atoms with Gasteiger partial charge in [-0.25, -0.2) is 18.2 Å². The van der Waals surface area contributed by atoms with Gasteiger partial charge < -0.3 is 10.4 Å². The number of hydrogen-bond acceptors (Lipinski definition) is 6. The number of carbonyl (C=O) groups excluding carboxylic acids is 2. The lowest BCUT2D eigenvalue weighted by Gasteiger charge is -2.22. The van der Waals surface area contributed by atoms with Crippen LogP contribution in [0.2, 0.25) is 0 Å². The number of aromatic nitrogens is 1. The Morgan fingerprint density at radius 2 is 1.86 bits per heavy atom. The number of aromatic carboxylic acids is 1. The molecule has 0 radical (unpaired) electrons. The number of nitrogens with zero attached hydrogens (tertiary/aromatic N) is 1. The van der Waals surface area contributed by atoms with Crippen LogP contribution in [0, 0.1) is 5.92 Å². The van der Waals surface area contributed by atoms with Crippen LogP contribution in [0.1, 0.15) is 84.7 Å². The Kier molecular flexibility index (Phi) is 6.21. The van der Waals surface area contributed by atoms with Crippen LogP contribution < -0.4 is 5.32 Å². The first kappa shape index (κ1) is 23.7. The number of nitrogens with one attached hydrogen (secondary N) is 1. The van der Waals surface area contributed by atoms with E-state index in [1.807, 2.05) is 6.07 Å². The van der Waals surface area contributed by atoms with Crippen molar-refractivity contribution in [1.29, 1.82) is 0 Å². The molecule has 35 heavy (non-hydrogen) atoms. The Morgan fingerprint density at radius 1 is 1.09 bits per heavy atom. The first-order valence-electron chi connectivity index (χ1n) is 12.1. The van der Waals surface area contributed by atoms with E-state index in [2.05, 4.69) is 10.3 Å². The van der Waals surface area contributed by atoms with Crippen LogP contribution in [0.5, 0.6) is 0 Å². The van der Waals surface area contributed by atoms with Gasteiger partial charge in [-0.15, -0.1) is 0 Å². The smallest absolute Gasteiger partial charge is 0.337 e. The number of benzene rings is 1. The quantitative estimate of drug-likeness (QED) is 0.535. The number of carboxylic acid groups (broad SMARTS) is 1. The lowest BCUT2D eigenvalue weighted by molar-refractivity contribution is -0.119. The zero-order chi connectivity index (χ0) is 24.7. The molecule has 0 unspecified atom stereocenters. The Balaban J connectivity index is 1.45. The van der Waals surface area contributed by atoms with Crippen molar-refractivity contribution < 1.29 is 27.9 Å². The van der Waals surface area contributed by atoms with Crippen molar-refractivity contribution in [2.45, 2.75) is 73.3 Å². The SMILES string of the molecule is O=C1CC[C@H](C[C@@H](C(=O)Nc2ccc(C(=O)O)cn2)c2ccc(S(=O)(=O)C3CC3)c(C3CC3)c2)C1. The van der Waals surface area contributed by atoms with Crippen LogP contribution in [-0.2, 0) is 19.4 Å². The lowest BCUT2D eigenvalue weighted by Crippen LogP contribution is -2.24. The number of carbonyl (C=O) groups is 3. The summed E-state index contributed by atoms with van der Waals surface area (Å²) < 4.78 is 26.1. The Hall–Kier alpha value is -3.07. The molecule has 2 aromatic rings. The zero-order valence-electron chi connectivity index (χ0n) is 19.3. The van der Waals surface area contributed by atoms with Gasteiger partial charge in [0.15, 0.2) is 9.84 Å². The minimum Gasteiger partial charge on any atom is -0.478 e. The van der Waals surface area contributed by atoms with E-state index in [9.17, 15) is 22.8 Å². The molecule has 0 aliphatic heterocycles. The average molecular weight is 497 g/mol. The van der Waals surface area contributed by atoms with Gasteiger partial charge in [-0.1, -0.05) is 12.1 Å². The molecule has 0 bridgehead atoms. The van der Waals surface area contributed by atoms with Crippen LogP contribution in [0.25, 0.3) is 0 Å². The number of sulfone groups is 1. The number of Topliss-reactive ketones (excluding diaryl/α,β-unsaturated/α-hetero) is 1. The van der Waals surface area contributed by atoms with E-state index < -0.39 is 21.7 Å². The number of anilines is 1. The van der Waals surface area contributed by atoms with Crippen molar-refractivity contribution in [3.05, 3.63) is 53.2 Å². The zero-order valence-corrected chi connectivity index (χ0v) is 20.1. The van der Waals surface area contributed by atoms with Gasteiger partial charge in [0.2, 0.25) is 5.91 Å². The van der Waals surface area contributed by atoms with E-state index in [4.69, 9.17) is 5.11 Å². The highest BCUT2D eigenvalue weighted by Crippen LogP contribution is 2.47. The van der Waals surface area contributed by atoms with E-state index >= 15 is 0 Å². The number of ketones is 1.